The molecule has 2 rings (SSSR count). The highest BCUT2D eigenvalue weighted by Crippen LogP contribution is 2.34. The van der Waals surface area contributed by atoms with E-state index in [9.17, 15) is 0 Å². The molecule has 0 spiro atoms. The van der Waals surface area contributed by atoms with Crippen LogP contribution < -0.4 is 20.5 Å². The van der Waals surface area contributed by atoms with Crippen LogP contribution in [0.3, 0.4) is 0 Å². The fourth-order valence-electron chi connectivity index (χ4n) is 1.48. The first kappa shape index (κ1) is 12.0. The van der Waals surface area contributed by atoms with E-state index >= 15 is 0 Å². The molecule has 0 unspecified atom stereocenters. The summed E-state index contributed by atoms with van der Waals surface area (Å²) in [6, 6.07) is 3.45. The van der Waals surface area contributed by atoms with Crippen molar-refractivity contribution in [1.82, 2.24) is 20.6 Å². The Morgan fingerprint density at radius 3 is 2.61 bits per heavy atom. The zero-order chi connectivity index (χ0) is 13.0. The number of anilines is 2. The first-order valence-corrected chi connectivity index (χ1v) is 5.22. The lowest BCUT2D eigenvalue weighted by Gasteiger charge is -2.13. The number of hydrogen-bond donors (Lipinski definition) is 3. The van der Waals surface area contributed by atoms with Crippen molar-refractivity contribution in [2.24, 2.45) is 0 Å². The van der Waals surface area contributed by atoms with Crippen LogP contribution in [0.4, 0.5) is 11.4 Å². The van der Waals surface area contributed by atoms with Gasteiger partial charge < -0.3 is 20.5 Å². The minimum absolute atomic E-state index is 0.413. The molecule has 1 heterocycles. The molecule has 0 amide bonds. The largest absolute Gasteiger partial charge is 0.493 e. The maximum absolute atomic E-state index is 5.90. The molecule has 0 bridgehead atoms. The third kappa shape index (κ3) is 2.42. The molecule has 0 saturated heterocycles. The van der Waals surface area contributed by atoms with Gasteiger partial charge in [-0.15, -0.1) is 10.2 Å². The predicted octanol–water partition coefficient (Wildman–Crippen LogP) is 0.411. The smallest absolute Gasteiger partial charge is 0.193 e. The molecule has 8 nitrogen and oxygen atoms in total. The van der Waals surface area contributed by atoms with Crippen molar-refractivity contribution in [2.75, 3.05) is 25.3 Å². The van der Waals surface area contributed by atoms with Gasteiger partial charge in [-0.2, -0.15) is 5.21 Å². The maximum atomic E-state index is 5.90. The van der Waals surface area contributed by atoms with Crippen molar-refractivity contribution < 1.29 is 9.47 Å². The Balaban J connectivity index is 2.17. The Labute approximate surface area is 103 Å². The van der Waals surface area contributed by atoms with E-state index in [1.807, 2.05) is 0 Å². The normalized spacial score (nSPS) is 10.1. The fraction of sp³-hybridized carbons (Fsp3) is 0.300. The van der Waals surface area contributed by atoms with Gasteiger partial charge >= 0.3 is 0 Å². The van der Waals surface area contributed by atoms with E-state index in [4.69, 9.17) is 15.2 Å². The Bertz CT molecular complexity index is 513. The van der Waals surface area contributed by atoms with Gasteiger partial charge in [0.2, 0.25) is 0 Å². The molecule has 0 aliphatic rings. The highest BCUT2D eigenvalue weighted by molar-refractivity contribution is 5.71. The number of H-pyrrole nitrogens is 1. The van der Waals surface area contributed by atoms with Crippen LogP contribution in [0.15, 0.2) is 12.1 Å². The molecule has 0 radical (unpaired) electrons. The number of hydrogen-bond acceptors (Lipinski definition) is 7. The molecule has 1 aromatic carbocycles. The van der Waals surface area contributed by atoms with E-state index in [0.29, 0.717) is 29.6 Å². The molecule has 0 aliphatic heterocycles. The molecular formula is C10H14N6O2. The minimum atomic E-state index is 0.413. The van der Waals surface area contributed by atoms with E-state index in [2.05, 4.69) is 25.9 Å². The van der Waals surface area contributed by atoms with E-state index < -0.39 is 0 Å². The van der Waals surface area contributed by atoms with Crippen molar-refractivity contribution in [3.63, 3.8) is 0 Å². The van der Waals surface area contributed by atoms with Crippen LogP contribution in [0.1, 0.15) is 5.82 Å². The molecule has 4 N–H and O–H groups in total. The average molecular weight is 250 g/mol. The summed E-state index contributed by atoms with van der Waals surface area (Å²) in [4.78, 5) is 0. The van der Waals surface area contributed by atoms with E-state index in [-0.39, 0.29) is 0 Å². The highest BCUT2D eigenvalue weighted by atomic mass is 16.5. The zero-order valence-electron chi connectivity index (χ0n) is 10.1. The molecule has 96 valence electrons. The van der Waals surface area contributed by atoms with Crippen LogP contribution in [-0.4, -0.2) is 34.8 Å². The number of tetrazole rings is 1. The second-order valence-electron chi connectivity index (χ2n) is 3.48. The number of methoxy groups -OCH3 is 2. The second kappa shape index (κ2) is 5.21. The third-order valence-corrected chi connectivity index (χ3v) is 2.38. The molecule has 0 atom stereocenters. The van der Waals surface area contributed by atoms with Crippen molar-refractivity contribution in [1.29, 1.82) is 0 Å². The molecular weight excluding hydrogens is 236 g/mol. The van der Waals surface area contributed by atoms with Gasteiger partial charge in [-0.05, 0) is 0 Å². The molecule has 0 fully saturated rings. The summed E-state index contributed by atoms with van der Waals surface area (Å²) < 4.78 is 10.3. The lowest BCUT2D eigenvalue weighted by Crippen LogP contribution is -2.05. The lowest BCUT2D eigenvalue weighted by atomic mass is 10.2. The predicted molar refractivity (Wildman–Crippen MR) is 65.5 cm³/mol. The van der Waals surface area contributed by atoms with Gasteiger partial charge in [-0.3, -0.25) is 0 Å². The van der Waals surface area contributed by atoms with Gasteiger partial charge in [0.1, 0.15) is 0 Å². The van der Waals surface area contributed by atoms with Crippen molar-refractivity contribution in [3.05, 3.63) is 18.0 Å². The van der Waals surface area contributed by atoms with Crippen LogP contribution in [0, 0.1) is 0 Å². The van der Waals surface area contributed by atoms with Gasteiger partial charge in [0.15, 0.2) is 17.3 Å². The Morgan fingerprint density at radius 2 is 2.00 bits per heavy atom. The highest BCUT2D eigenvalue weighted by Gasteiger charge is 2.09. The molecule has 2 aromatic rings. The molecule has 0 saturated carbocycles. The molecule has 18 heavy (non-hydrogen) atoms. The van der Waals surface area contributed by atoms with Crippen molar-refractivity contribution in [2.45, 2.75) is 6.54 Å². The van der Waals surface area contributed by atoms with Gasteiger partial charge in [0.25, 0.3) is 0 Å². The summed E-state index contributed by atoms with van der Waals surface area (Å²) in [7, 11) is 3.13. The number of benzene rings is 1. The topological polar surface area (TPSA) is 111 Å². The number of nitrogens with zero attached hydrogens (tertiary/aromatic N) is 3. The average Bonchev–Trinajstić information content (AvgIpc) is 2.90. The van der Waals surface area contributed by atoms with Crippen LogP contribution in [-0.2, 0) is 6.54 Å². The van der Waals surface area contributed by atoms with E-state index in [1.165, 1.54) is 0 Å². The van der Waals surface area contributed by atoms with E-state index in [1.54, 1.807) is 26.4 Å². The summed E-state index contributed by atoms with van der Waals surface area (Å²) >= 11 is 0. The standard InChI is InChI=1S/C10H14N6O2/c1-17-8-3-6(11)7(4-9(8)18-2)12-5-10-13-15-16-14-10/h3-4,12H,5,11H2,1-2H3,(H,13,14,15,16). The van der Waals surface area contributed by atoms with Crippen LogP contribution in [0.5, 0.6) is 11.5 Å². The van der Waals surface area contributed by atoms with Crippen molar-refractivity contribution in [3.8, 4) is 11.5 Å². The second-order valence-corrected chi connectivity index (χ2v) is 3.48. The summed E-state index contributed by atoms with van der Waals surface area (Å²) in [5.41, 5.74) is 7.17. The Hall–Kier alpha value is -2.51. The number of nitrogens with two attached hydrogens (primary N) is 1. The number of aromatic amines is 1. The Morgan fingerprint density at radius 1 is 1.28 bits per heavy atom. The molecule has 0 aliphatic carbocycles. The van der Waals surface area contributed by atoms with E-state index in [0.717, 1.165) is 5.69 Å². The summed E-state index contributed by atoms with van der Waals surface area (Å²) in [5, 5.41) is 16.6. The summed E-state index contributed by atoms with van der Waals surface area (Å²) in [5.74, 6) is 1.73. The van der Waals surface area contributed by atoms with Gasteiger partial charge in [-0.1, -0.05) is 5.21 Å². The van der Waals surface area contributed by atoms with Gasteiger partial charge in [-0.25, -0.2) is 0 Å². The first-order valence-electron chi connectivity index (χ1n) is 5.22. The summed E-state index contributed by atoms with van der Waals surface area (Å²) in [6.07, 6.45) is 0. The minimum Gasteiger partial charge on any atom is -0.493 e. The monoisotopic (exact) mass is 250 g/mol. The number of aromatic nitrogens is 4. The fourth-order valence-corrected chi connectivity index (χ4v) is 1.48. The van der Waals surface area contributed by atoms with Crippen LogP contribution in [0.2, 0.25) is 0 Å². The van der Waals surface area contributed by atoms with Gasteiger partial charge in [0, 0.05) is 12.1 Å². The van der Waals surface area contributed by atoms with Gasteiger partial charge in [0.05, 0.1) is 32.1 Å². The number of nitrogen functional groups attached to an aromatic ring is 1. The summed E-state index contributed by atoms with van der Waals surface area (Å²) in [6.45, 7) is 0.413. The maximum Gasteiger partial charge on any atom is 0.193 e. The molecule has 1 aromatic heterocycles. The van der Waals surface area contributed by atoms with Crippen molar-refractivity contribution >= 4 is 11.4 Å². The lowest BCUT2D eigenvalue weighted by molar-refractivity contribution is 0.355. The zero-order valence-corrected chi connectivity index (χ0v) is 10.1. The Kier molecular flexibility index (Phi) is 3.46. The number of rotatable bonds is 5. The molecule has 8 heteroatoms. The first-order chi connectivity index (χ1) is 8.74. The third-order valence-electron chi connectivity index (χ3n) is 2.38. The number of ether oxygens (including phenoxy) is 2. The van der Waals surface area contributed by atoms with Crippen LogP contribution in [0.25, 0.3) is 0 Å². The SMILES string of the molecule is COc1cc(N)c(NCc2nn[nH]n2)cc1OC. The quantitative estimate of drug-likeness (QED) is 0.659. The number of nitrogens with one attached hydrogen (secondary N) is 2. The van der Waals surface area contributed by atoms with Crippen LogP contribution >= 0.6 is 0 Å².